The molecule has 0 aromatic carbocycles. The summed E-state index contributed by atoms with van der Waals surface area (Å²) in [6, 6.07) is 0. The first-order valence-corrected chi connectivity index (χ1v) is 2.96. The number of nitrogens with zero attached hydrogens (tertiary/aromatic N) is 6. The molecule has 116 valence electrons. The number of hydrazine groups is 2. The predicted molar refractivity (Wildman–Crippen MR) is 48.7 cm³/mol. The maximum absolute atomic E-state index is 8.81. The molecule has 0 atom stereocenters. The fourth-order valence-electron chi connectivity index (χ4n) is 0. The Hall–Kier alpha value is -3.38. The molecule has 0 unspecified atom stereocenters. The fourth-order valence-corrected chi connectivity index (χ4v) is 0. The van der Waals surface area contributed by atoms with Crippen molar-refractivity contribution in [3.8, 4) is 0 Å². The van der Waals surface area contributed by atoms with Crippen LogP contribution >= 0.6 is 0 Å². The van der Waals surface area contributed by atoms with E-state index in [1.54, 1.807) is 0 Å². The molecule has 0 N–H and O–H groups in total. The van der Waals surface area contributed by atoms with Crippen LogP contribution in [0, 0.1) is 71.1 Å². The van der Waals surface area contributed by atoms with Crippen LogP contribution in [0.2, 0.25) is 0 Å². The minimum Gasteiger partial charge on any atom is -0.356 e. The monoisotopic (exact) mass is 372 g/mol. The molecule has 0 aromatic heterocycles. The Morgan fingerprint density at radius 1 is 0.381 bits per heavy atom. The van der Waals surface area contributed by atoms with Crippen molar-refractivity contribution in [2.45, 2.75) is 0 Å². The van der Waals surface area contributed by atoms with Crippen molar-refractivity contribution in [2.75, 3.05) is 0 Å². The summed E-state index contributed by atoms with van der Waals surface area (Å²) in [5.74, 6) is 0. The third-order valence-electron chi connectivity index (χ3n) is 0.267. The Bertz CT molecular complexity index is 304. The van der Waals surface area contributed by atoms with Crippen molar-refractivity contribution in [2.24, 2.45) is 0 Å². The summed E-state index contributed by atoms with van der Waals surface area (Å²) in [6.45, 7) is 0. The first-order valence-electron chi connectivity index (χ1n) is 2.96. The maximum atomic E-state index is 8.81. The van der Waals surface area contributed by atoms with E-state index in [1.165, 1.54) is 0 Å². The van der Waals surface area contributed by atoms with Gasteiger partial charge in [0.15, 0.2) is 0 Å². The molecule has 0 aromatic rings. The number of hydrogen-bond donors (Lipinski definition) is 0. The maximum Gasteiger partial charge on any atom is 2.00 e. The van der Waals surface area contributed by atoms with Crippen molar-refractivity contribution >= 4 is 0 Å². The smallest absolute Gasteiger partial charge is 0.356 e. The normalized spacial score (nSPS) is 6.48. The van der Waals surface area contributed by atoms with Gasteiger partial charge in [0.25, 0.3) is 0 Å². The second-order valence-corrected chi connectivity index (χ2v) is 1.40. The van der Waals surface area contributed by atoms with Gasteiger partial charge >= 0.3 is 39.6 Å². The van der Waals surface area contributed by atoms with Gasteiger partial charge in [-0.1, -0.05) is 0 Å². The Labute approximate surface area is 122 Å². The Kier molecular flexibility index (Phi) is 27.6. The third-order valence-corrected chi connectivity index (χ3v) is 0.267. The molecule has 0 aliphatic carbocycles. The SMILES string of the molecule is O=[N+]([O-])[N+](=O)[O-].O=[N+]([O-])[N+](=O)[O-].O=[N+]([O-])[O-].O=[N+]([O-])[O-].[Zn+2]. The molecule has 21 heavy (non-hydrogen) atoms. The standard InChI is InChI=1S/2N2O4.2NO3.Zn/c2*3-1(4)2(5)6;2*2-1(3)4;/q;;2*-1;+2. The second kappa shape index (κ2) is 19.0. The molecule has 0 saturated carbocycles. The van der Waals surface area contributed by atoms with Crippen LogP contribution in [0.5, 0.6) is 0 Å². The van der Waals surface area contributed by atoms with Gasteiger partial charge in [0, 0.05) is 0 Å². The summed E-state index contributed by atoms with van der Waals surface area (Å²) in [7, 11) is 0. The van der Waals surface area contributed by atoms with Gasteiger partial charge in [-0.25, -0.2) is 0 Å². The first-order chi connectivity index (χ1) is 8.75. The van der Waals surface area contributed by atoms with Crippen molar-refractivity contribution in [3.63, 3.8) is 0 Å². The zero-order chi connectivity index (χ0) is 17.5. The zero-order valence-electron chi connectivity index (χ0n) is 9.11. The molecule has 0 fully saturated rings. The minimum absolute atomic E-state index is 0. The van der Waals surface area contributed by atoms with Gasteiger partial charge in [0.2, 0.25) is 0 Å². The zero-order valence-corrected chi connectivity index (χ0v) is 12.1. The van der Waals surface area contributed by atoms with Crippen LogP contribution in [0.3, 0.4) is 0 Å². The molecular formula is N6O14Zn. The van der Waals surface area contributed by atoms with Crippen LogP contribution in [-0.4, -0.2) is 30.3 Å². The average molecular weight is 373 g/mol. The minimum atomic E-state index is -1.75. The van der Waals surface area contributed by atoms with Crippen LogP contribution in [0.4, 0.5) is 0 Å². The van der Waals surface area contributed by atoms with Crippen LogP contribution in [0.1, 0.15) is 0 Å². The molecular weight excluding hydrogens is 373 g/mol. The molecule has 21 heteroatoms. The van der Waals surface area contributed by atoms with Crippen molar-refractivity contribution in [1.82, 2.24) is 0 Å². The van der Waals surface area contributed by atoms with Crippen molar-refractivity contribution in [1.29, 1.82) is 0 Å². The average Bonchev–Trinajstić information content (AvgIpc) is 2.15. The Morgan fingerprint density at radius 3 is 0.429 bits per heavy atom. The second-order valence-electron chi connectivity index (χ2n) is 1.40. The van der Waals surface area contributed by atoms with Gasteiger partial charge in [-0.05, 0) is 0 Å². The van der Waals surface area contributed by atoms with E-state index in [4.69, 9.17) is 71.1 Å². The van der Waals surface area contributed by atoms with Gasteiger partial charge < -0.3 is 30.6 Å². The van der Waals surface area contributed by atoms with Gasteiger partial charge in [0.05, 0.1) is 10.2 Å². The number of hydrogen-bond acceptors (Lipinski definition) is 14. The molecule has 0 aliphatic heterocycles. The molecule has 0 rings (SSSR count). The molecule has 20 nitrogen and oxygen atoms in total. The van der Waals surface area contributed by atoms with E-state index in [0.717, 1.165) is 0 Å². The van der Waals surface area contributed by atoms with Crippen molar-refractivity contribution in [3.05, 3.63) is 71.1 Å². The largest absolute Gasteiger partial charge is 2.00 e. The van der Waals surface area contributed by atoms with E-state index in [9.17, 15) is 0 Å². The Balaban J connectivity index is -0.0000000544. The van der Waals surface area contributed by atoms with E-state index in [-0.39, 0.29) is 19.5 Å². The Morgan fingerprint density at radius 2 is 0.429 bits per heavy atom. The van der Waals surface area contributed by atoms with E-state index in [1.807, 2.05) is 0 Å². The van der Waals surface area contributed by atoms with Crippen LogP contribution < -0.4 is 0 Å². The van der Waals surface area contributed by atoms with E-state index in [2.05, 4.69) is 0 Å². The molecule has 0 saturated heterocycles. The van der Waals surface area contributed by atoms with Crippen LogP contribution in [-0.2, 0) is 19.5 Å². The van der Waals surface area contributed by atoms with Gasteiger partial charge in [-0.3, -0.25) is 0 Å². The van der Waals surface area contributed by atoms with Gasteiger partial charge in [-0.15, -0.1) is 0 Å². The van der Waals surface area contributed by atoms with Gasteiger partial charge in [-0.2, -0.15) is 40.5 Å². The first kappa shape index (κ1) is 30.6. The van der Waals surface area contributed by atoms with Crippen LogP contribution in [0.15, 0.2) is 0 Å². The van der Waals surface area contributed by atoms with E-state index < -0.39 is 30.3 Å². The predicted octanol–water partition coefficient (Wildman–Crippen LogP) is -1.57. The summed E-state index contributed by atoms with van der Waals surface area (Å²) in [5.41, 5.74) is 0. The number of rotatable bonds is 2. The molecule has 0 amide bonds. The molecule has 0 heterocycles. The quantitative estimate of drug-likeness (QED) is 0.299. The fraction of sp³-hybridized carbons (Fsp3) is 0. The summed E-state index contributed by atoms with van der Waals surface area (Å²) in [6.07, 6.45) is 0. The summed E-state index contributed by atoms with van der Waals surface area (Å²) >= 11 is 0. The van der Waals surface area contributed by atoms with E-state index >= 15 is 0 Å². The summed E-state index contributed by atoms with van der Waals surface area (Å²) < 4.78 is 0. The van der Waals surface area contributed by atoms with Crippen LogP contribution in [0.25, 0.3) is 0 Å². The molecule has 0 bridgehead atoms. The van der Waals surface area contributed by atoms with Crippen molar-refractivity contribution < 1.29 is 49.8 Å². The molecule has 0 spiro atoms. The number of nitro groups is 2. The molecule has 0 aliphatic rings. The topological polar surface area (TPSA) is 305 Å². The summed E-state index contributed by atoms with van der Waals surface area (Å²) in [5, 5.41) is 58.3. The van der Waals surface area contributed by atoms with Gasteiger partial charge in [0.1, 0.15) is 0 Å². The summed E-state index contributed by atoms with van der Waals surface area (Å²) in [4.78, 5) is 51.7. The molecule has 0 radical (unpaired) electrons. The third kappa shape index (κ3) is 166. The van der Waals surface area contributed by atoms with E-state index in [0.29, 0.717) is 0 Å².